The van der Waals surface area contributed by atoms with Crippen molar-refractivity contribution in [2.24, 2.45) is 7.05 Å². The average molecular weight is 515 g/mol. The number of amides is 1. The third-order valence-corrected chi connectivity index (χ3v) is 6.88. The Labute approximate surface area is 219 Å². The van der Waals surface area contributed by atoms with Crippen LogP contribution >= 0.6 is 0 Å². The number of imidazole rings is 1. The molecule has 5 rings (SSSR count). The van der Waals surface area contributed by atoms with Gasteiger partial charge in [-0.2, -0.15) is 4.98 Å². The Morgan fingerprint density at radius 1 is 1.16 bits per heavy atom. The number of nitrogens with one attached hydrogen (secondary N) is 1. The fourth-order valence-corrected chi connectivity index (χ4v) is 5.12. The van der Waals surface area contributed by atoms with Crippen molar-refractivity contribution < 1.29 is 4.79 Å². The molecule has 1 aliphatic heterocycles. The average Bonchev–Trinajstić information content (AvgIpc) is 3.28. The van der Waals surface area contributed by atoms with Crippen molar-refractivity contribution in [1.82, 2.24) is 34.0 Å². The van der Waals surface area contributed by atoms with Crippen LogP contribution in [0.25, 0.3) is 22.1 Å². The van der Waals surface area contributed by atoms with Gasteiger partial charge in [-0.15, -0.1) is 5.92 Å². The summed E-state index contributed by atoms with van der Waals surface area (Å²) in [4.78, 5) is 54.8. The van der Waals surface area contributed by atoms with Crippen LogP contribution in [0.3, 0.4) is 0 Å². The van der Waals surface area contributed by atoms with Crippen LogP contribution < -0.4 is 21.5 Å². The van der Waals surface area contributed by atoms with E-state index in [0.29, 0.717) is 36.0 Å². The van der Waals surface area contributed by atoms with Gasteiger partial charge in [-0.05, 0) is 32.8 Å². The molecule has 1 aliphatic rings. The van der Waals surface area contributed by atoms with Crippen molar-refractivity contribution in [2.75, 3.05) is 18.0 Å². The summed E-state index contributed by atoms with van der Waals surface area (Å²) in [7, 11) is 1.61. The highest BCUT2D eigenvalue weighted by Crippen LogP contribution is 2.23. The van der Waals surface area contributed by atoms with Crippen molar-refractivity contribution in [3.05, 3.63) is 56.6 Å². The Morgan fingerprint density at radius 2 is 1.95 bits per heavy atom. The minimum Gasteiger partial charge on any atom is -0.352 e. The molecule has 1 aromatic carbocycles. The number of rotatable bonds is 5. The molecule has 1 atom stereocenters. The second-order valence-corrected chi connectivity index (χ2v) is 9.56. The van der Waals surface area contributed by atoms with Gasteiger partial charge in [0.2, 0.25) is 11.9 Å². The molecule has 0 spiro atoms. The smallest absolute Gasteiger partial charge is 0.332 e. The van der Waals surface area contributed by atoms with Crippen LogP contribution in [0.15, 0.2) is 33.9 Å². The molecule has 1 saturated heterocycles. The molecular weight excluding hydrogens is 484 g/mol. The number of fused-ring (bicyclic) bond motifs is 2. The van der Waals surface area contributed by atoms with Gasteiger partial charge in [0.25, 0.3) is 5.56 Å². The molecular formula is C27H30N8O3. The molecule has 11 heteroatoms. The molecule has 0 aliphatic carbocycles. The van der Waals surface area contributed by atoms with Gasteiger partial charge in [-0.3, -0.25) is 23.3 Å². The lowest BCUT2D eigenvalue weighted by molar-refractivity contribution is -0.119. The third-order valence-electron chi connectivity index (χ3n) is 6.88. The van der Waals surface area contributed by atoms with Crippen LogP contribution in [-0.4, -0.2) is 53.7 Å². The minimum absolute atomic E-state index is 0.0273. The molecule has 1 unspecified atom stereocenters. The number of piperidine rings is 1. The molecule has 4 heterocycles. The first-order valence-electron chi connectivity index (χ1n) is 12.6. The number of nitrogens with zero attached hydrogens (tertiary/aromatic N) is 7. The number of hydrogen-bond acceptors (Lipinski definition) is 7. The number of carbonyl (C=O) groups is 1. The van der Waals surface area contributed by atoms with Gasteiger partial charge < -0.3 is 10.2 Å². The SMILES string of the molecule is CC#CCn1c(N2CCCC(NC(C)=O)C2)nc2c1c(=O)n(Cc1nc(C)c3ccccc3n1)c(=O)n2C. The Balaban J connectivity index is 1.64. The number of para-hydroxylation sites is 1. The molecule has 1 amide bonds. The largest absolute Gasteiger partial charge is 0.352 e. The molecule has 196 valence electrons. The lowest BCUT2D eigenvalue weighted by atomic mass is 10.1. The molecule has 1 fully saturated rings. The summed E-state index contributed by atoms with van der Waals surface area (Å²) in [5, 5.41) is 3.91. The van der Waals surface area contributed by atoms with Crippen LogP contribution in [0.5, 0.6) is 0 Å². The zero-order valence-corrected chi connectivity index (χ0v) is 22.0. The van der Waals surface area contributed by atoms with Crippen molar-refractivity contribution in [1.29, 1.82) is 0 Å². The third kappa shape index (κ3) is 4.53. The van der Waals surface area contributed by atoms with E-state index in [0.717, 1.165) is 34.0 Å². The molecule has 0 bridgehead atoms. The van der Waals surface area contributed by atoms with E-state index >= 15 is 0 Å². The maximum absolute atomic E-state index is 13.9. The first kappa shape index (κ1) is 25.2. The topological polar surface area (TPSA) is 120 Å². The number of hydrogen-bond donors (Lipinski definition) is 1. The van der Waals surface area contributed by atoms with Gasteiger partial charge in [-0.25, -0.2) is 14.8 Å². The summed E-state index contributed by atoms with van der Waals surface area (Å²) in [5.74, 6) is 6.78. The predicted octanol–water partition coefficient (Wildman–Crippen LogP) is 1.32. The van der Waals surface area contributed by atoms with E-state index in [1.807, 2.05) is 36.1 Å². The lowest BCUT2D eigenvalue weighted by Crippen LogP contribution is -2.48. The van der Waals surface area contributed by atoms with E-state index in [4.69, 9.17) is 4.98 Å². The van der Waals surface area contributed by atoms with Crippen LogP contribution in [0.4, 0.5) is 5.95 Å². The Bertz CT molecular complexity index is 1740. The van der Waals surface area contributed by atoms with Gasteiger partial charge in [0.15, 0.2) is 11.2 Å². The Kier molecular flexibility index (Phi) is 6.72. The second-order valence-electron chi connectivity index (χ2n) is 9.56. The summed E-state index contributed by atoms with van der Waals surface area (Å²) in [5.41, 5.74) is 1.16. The van der Waals surface area contributed by atoms with Crippen molar-refractivity contribution in [3.63, 3.8) is 0 Å². The monoisotopic (exact) mass is 514 g/mol. The number of aromatic nitrogens is 6. The number of carbonyl (C=O) groups excluding carboxylic acids is 1. The fraction of sp³-hybridized carbons (Fsp3) is 0.407. The highest BCUT2D eigenvalue weighted by molar-refractivity contribution is 5.80. The highest BCUT2D eigenvalue weighted by Gasteiger charge is 2.27. The number of anilines is 1. The Hall–Kier alpha value is -4.46. The maximum atomic E-state index is 13.9. The van der Waals surface area contributed by atoms with Crippen molar-refractivity contribution in [2.45, 2.75) is 52.7 Å². The van der Waals surface area contributed by atoms with E-state index in [9.17, 15) is 14.4 Å². The normalized spacial score (nSPS) is 15.5. The molecule has 11 nitrogen and oxygen atoms in total. The van der Waals surface area contributed by atoms with Crippen LogP contribution in [0.1, 0.15) is 38.2 Å². The first-order valence-corrected chi connectivity index (χ1v) is 12.6. The molecule has 3 aromatic heterocycles. The van der Waals surface area contributed by atoms with E-state index < -0.39 is 11.2 Å². The molecule has 0 radical (unpaired) electrons. The van der Waals surface area contributed by atoms with Crippen LogP contribution in [0.2, 0.25) is 0 Å². The summed E-state index contributed by atoms with van der Waals surface area (Å²) in [6, 6.07) is 7.61. The second kappa shape index (κ2) is 10.1. The summed E-state index contributed by atoms with van der Waals surface area (Å²) in [6.45, 7) is 6.56. The fourth-order valence-electron chi connectivity index (χ4n) is 5.12. The van der Waals surface area contributed by atoms with E-state index in [2.05, 4.69) is 27.1 Å². The summed E-state index contributed by atoms with van der Waals surface area (Å²) < 4.78 is 4.32. The molecule has 4 aromatic rings. The zero-order valence-electron chi connectivity index (χ0n) is 22.0. The lowest BCUT2D eigenvalue weighted by Gasteiger charge is -2.33. The molecule has 0 saturated carbocycles. The van der Waals surface area contributed by atoms with Gasteiger partial charge in [0, 0.05) is 44.2 Å². The van der Waals surface area contributed by atoms with Gasteiger partial charge in [-0.1, -0.05) is 24.1 Å². The first-order chi connectivity index (χ1) is 18.3. The highest BCUT2D eigenvalue weighted by atomic mass is 16.2. The number of aryl methyl sites for hydroxylation is 2. The van der Waals surface area contributed by atoms with E-state index in [-0.39, 0.29) is 25.0 Å². The molecule has 38 heavy (non-hydrogen) atoms. The van der Waals surface area contributed by atoms with Gasteiger partial charge in [0.1, 0.15) is 5.82 Å². The van der Waals surface area contributed by atoms with E-state index in [1.165, 1.54) is 11.5 Å². The van der Waals surface area contributed by atoms with Crippen molar-refractivity contribution >= 4 is 33.9 Å². The Morgan fingerprint density at radius 3 is 2.71 bits per heavy atom. The zero-order chi connectivity index (χ0) is 27.0. The predicted molar refractivity (Wildman–Crippen MR) is 145 cm³/mol. The summed E-state index contributed by atoms with van der Waals surface area (Å²) in [6.07, 6.45) is 1.72. The van der Waals surface area contributed by atoms with E-state index in [1.54, 1.807) is 18.5 Å². The van der Waals surface area contributed by atoms with Gasteiger partial charge >= 0.3 is 5.69 Å². The minimum atomic E-state index is -0.496. The maximum Gasteiger partial charge on any atom is 0.332 e. The van der Waals surface area contributed by atoms with Gasteiger partial charge in [0.05, 0.1) is 18.6 Å². The summed E-state index contributed by atoms with van der Waals surface area (Å²) >= 11 is 0. The van der Waals surface area contributed by atoms with Crippen LogP contribution in [-0.2, 0) is 24.9 Å². The number of benzene rings is 1. The quantitative estimate of drug-likeness (QED) is 0.399. The van der Waals surface area contributed by atoms with Crippen molar-refractivity contribution in [3.8, 4) is 11.8 Å². The van der Waals surface area contributed by atoms with Crippen LogP contribution in [0, 0.1) is 18.8 Å². The standard InChI is InChI=1S/C27H30N8O3/c1-5-6-14-34-23-24(31-26(34)33-13-9-10-19(15-33)29-18(3)36)32(4)27(38)35(25(23)37)16-22-28-17(2)20-11-7-8-12-21(20)30-22/h7-8,11-12,19H,9-10,13-16H2,1-4H3,(H,29,36). The molecule has 1 N–H and O–H groups in total.